The fraction of sp³-hybridized carbons (Fsp3) is 0.316. The molecule has 4 heteroatoms. The van der Waals surface area contributed by atoms with Crippen molar-refractivity contribution in [2.24, 2.45) is 0 Å². The molecular weight excluding hydrogens is 290 g/mol. The molecule has 3 rings (SSSR count). The number of fused-ring (bicyclic) bond motifs is 1. The fourth-order valence-electron chi connectivity index (χ4n) is 3.03. The largest absolute Gasteiger partial charge is 0.493 e. The molecule has 2 aromatic rings. The maximum atomic E-state index is 12.4. The van der Waals surface area contributed by atoms with Crippen LogP contribution in [-0.4, -0.2) is 20.1 Å². The second-order valence-corrected chi connectivity index (χ2v) is 5.84. The van der Waals surface area contributed by atoms with Gasteiger partial charge in [0.2, 0.25) is 0 Å². The highest BCUT2D eigenvalue weighted by molar-refractivity contribution is 5.94. The molecule has 1 unspecified atom stereocenters. The molecule has 0 radical (unpaired) electrons. The predicted octanol–water partition coefficient (Wildman–Crippen LogP) is 3.43. The van der Waals surface area contributed by atoms with E-state index in [-0.39, 0.29) is 11.9 Å². The lowest BCUT2D eigenvalue weighted by Gasteiger charge is -2.16. The monoisotopic (exact) mass is 311 g/mol. The van der Waals surface area contributed by atoms with Crippen LogP contribution in [0.5, 0.6) is 11.5 Å². The van der Waals surface area contributed by atoms with E-state index in [1.807, 2.05) is 43.3 Å². The number of amides is 1. The summed E-state index contributed by atoms with van der Waals surface area (Å²) in [6.07, 6.45) is 1.82. The smallest absolute Gasteiger partial charge is 0.251 e. The lowest BCUT2D eigenvalue weighted by Crippen LogP contribution is -2.27. The molecule has 1 atom stereocenters. The van der Waals surface area contributed by atoms with E-state index in [0.29, 0.717) is 11.3 Å². The summed E-state index contributed by atoms with van der Waals surface area (Å²) in [5, 5.41) is 3.12. The zero-order valence-corrected chi connectivity index (χ0v) is 13.7. The number of methoxy groups -OCH3 is 2. The third kappa shape index (κ3) is 3.02. The number of rotatable bonds is 4. The standard InChI is InChI=1S/C19H21NO3/c1-12-4-6-13(7-5-12)19(21)20-16-9-8-14-10-17(22-2)18(23-3)11-15(14)16/h4-7,10-11,16H,8-9H2,1-3H3,(H,20,21). The first-order valence-electron chi connectivity index (χ1n) is 7.74. The number of carbonyl (C=O) groups excluding carboxylic acids is 1. The highest BCUT2D eigenvalue weighted by Crippen LogP contribution is 2.39. The minimum absolute atomic E-state index is 0.0126. The van der Waals surface area contributed by atoms with Gasteiger partial charge < -0.3 is 14.8 Å². The van der Waals surface area contributed by atoms with E-state index in [0.717, 1.165) is 29.7 Å². The molecule has 1 N–H and O–H groups in total. The molecule has 0 bridgehead atoms. The summed E-state index contributed by atoms with van der Waals surface area (Å²) >= 11 is 0. The maximum Gasteiger partial charge on any atom is 0.251 e. The lowest BCUT2D eigenvalue weighted by molar-refractivity contribution is 0.0936. The molecule has 0 saturated heterocycles. The van der Waals surface area contributed by atoms with Gasteiger partial charge in [0.25, 0.3) is 5.91 Å². The van der Waals surface area contributed by atoms with Gasteiger partial charge in [-0.25, -0.2) is 0 Å². The molecule has 0 spiro atoms. The number of hydrogen-bond donors (Lipinski definition) is 1. The average Bonchev–Trinajstić information content (AvgIpc) is 2.96. The van der Waals surface area contributed by atoms with Crippen LogP contribution < -0.4 is 14.8 Å². The van der Waals surface area contributed by atoms with Crippen LogP contribution in [0.1, 0.15) is 39.5 Å². The van der Waals surface area contributed by atoms with Crippen LogP contribution in [0.2, 0.25) is 0 Å². The van der Waals surface area contributed by atoms with Crippen molar-refractivity contribution in [2.75, 3.05) is 14.2 Å². The van der Waals surface area contributed by atoms with E-state index in [9.17, 15) is 4.79 Å². The Kier molecular flexibility index (Phi) is 4.24. The summed E-state index contributed by atoms with van der Waals surface area (Å²) < 4.78 is 10.7. The van der Waals surface area contributed by atoms with Gasteiger partial charge in [0.05, 0.1) is 20.3 Å². The van der Waals surface area contributed by atoms with Crippen molar-refractivity contribution in [3.63, 3.8) is 0 Å². The number of benzene rings is 2. The molecule has 1 amide bonds. The Morgan fingerprint density at radius 3 is 2.39 bits per heavy atom. The van der Waals surface area contributed by atoms with Crippen molar-refractivity contribution in [3.05, 3.63) is 58.7 Å². The zero-order valence-electron chi connectivity index (χ0n) is 13.7. The minimum atomic E-state index is -0.0439. The quantitative estimate of drug-likeness (QED) is 0.941. The van der Waals surface area contributed by atoms with E-state index in [4.69, 9.17) is 9.47 Å². The van der Waals surface area contributed by atoms with E-state index >= 15 is 0 Å². The minimum Gasteiger partial charge on any atom is -0.493 e. The topological polar surface area (TPSA) is 47.6 Å². The lowest BCUT2D eigenvalue weighted by atomic mass is 10.1. The summed E-state index contributed by atoms with van der Waals surface area (Å²) in [4.78, 5) is 12.4. The van der Waals surface area contributed by atoms with Gasteiger partial charge in [0.1, 0.15) is 0 Å². The van der Waals surface area contributed by atoms with Crippen molar-refractivity contribution in [1.82, 2.24) is 5.32 Å². The first kappa shape index (κ1) is 15.4. The molecule has 0 fully saturated rings. The maximum absolute atomic E-state index is 12.4. The second kappa shape index (κ2) is 6.32. The van der Waals surface area contributed by atoms with Crippen LogP contribution in [-0.2, 0) is 6.42 Å². The van der Waals surface area contributed by atoms with Gasteiger partial charge in [0, 0.05) is 5.56 Å². The first-order chi connectivity index (χ1) is 11.1. The molecule has 0 saturated carbocycles. The van der Waals surface area contributed by atoms with Crippen LogP contribution >= 0.6 is 0 Å². The van der Waals surface area contributed by atoms with Crippen molar-refractivity contribution in [3.8, 4) is 11.5 Å². The van der Waals surface area contributed by atoms with Crippen molar-refractivity contribution in [1.29, 1.82) is 0 Å². The third-order valence-electron chi connectivity index (χ3n) is 4.34. The molecular formula is C19H21NO3. The Balaban J connectivity index is 1.82. The molecule has 23 heavy (non-hydrogen) atoms. The molecule has 120 valence electrons. The van der Waals surface area contributed by atoms with E-state index in [2.05, 4.69) is 5.32 Å². The fourth-order valence-corrected chi connectivity index (χ4v) is 3.03. The van der Waals surface area contributed by atoms with Crippen molar-refractivity contribution >= 4 is 5.91 Å². The van der Waals surface area contributed by atoms with Crippen LogP contribution in [0.4, 0.5) is 0 Å². The summed E-state index contributed by atoms with van der Waals surface area (Å²) in [5.74, 6) is 1.39. The van der Waals surface area contributed by atoms with Crippen molar-refractivity contribution < 1.29 is 14.3 Å². The van der Waals surface area contributed by atoms with Gasteiger partial charge in [0.15, 0.2) is 11.5 Å². The number of aryl methyl sites for hydroxylation is 2. The molecule has 0 heterocycles. The van der Waals surface area contributed by atoms with E-state index in [1.165, 1.54) is 5.56 Å². The van der Waals surface area contributed by atoms with Gasteiger partial charge in [-0.3, -0.25) is 4.79 Å². The van der Waals surface area contributed by atoms with Gasteiger partial charge in [-0.05, 0) is 55.2 Å². The zero-order chi connectivity index (χ0) is 16.4. The van der Waals surface area contributed by atoms with Crippen molar-refractivity contribution in [2.45, 2.75) is 25.8 Å². The summed E-state index contributed by atoms with van der Waals surface area (Å²) in [7, 11) is 3.26. The first-order valence-corrected chi connectivity index (χ1v) is 7.74. The van der Waals surface area contributed by atoms with E-state index < -0.39 is 0 Å². The Morgan fingerprint density at radius 1 is 1.09 bits per heavy atom. The third-order valence-corrected chi connectivity index (χ3v) is 4.34. The Bertz CT molecular complexity index is 722. The number of hydrogen-bond acceptors (Lipinski definition) is 3. The van der Waals surface area contributed by atoms with E-state index in [1.54, 1.807) is 14.2 Å². The highest BCUT2D eigenvalue weighted by atomic mass is 16.5. The van der Waals surface area contributed by atoms with Gasteiger partial charge in [-0.1, -0.05) is 17.7 Å². The molecule has 0 aliphatic heterocycles. The highest BCUT2D eigenvalue weighted by Gasteiger charge is 2.26. The summed E-state index contributed by atoms with van der Waals surface area (Å²) in [6.45, 7) is 2.01. The molecule has 1 aliphatic rings. The van der Waals surface area contributed by atoms with Gasteiger partial charge in [-0.15, -0.1) is 0 Å². The Morgan fingerprint density at radius 2 is 1.74 bits per heavy atom. The van der Waals surface area contributed by atoms with Gasteiger partial charge in [-0.2, -0.15) is 0 Å². The molecule has 0 aromatic heterocycles. The Hall–Kier alpha value is -2.49. The van der Waals surface area contributed by atoms with Crippen LogP contribution in [0.15, 0.2) is 36.4 Å². The normalized spacial score (nSPS) is 15.9. The van der Waals surface area contributed by atoms with Crippen LogP contribution in [0, 0.1) is 6.92 Å². The number of ether oxygens (including phenoxy) is 2. The van der Waals surface area contributed by atoms with Gasteiger partial charge >= 0.3 is 0 Å². The Labute approximate surface area is 136 Å². The molecule has 4 nitrogen and oxygen atoms in total. The molecule has 2 aromatic carbocycles. The predicted molar refractivity (Wildman–Crippen MR) is 89.3 cm³/mol. The summed E-state index contributed by atoms with van der Waals surface area (Å²) in [5.41, 5.74) is 4.15. The summed E-state index contributed by atoms with van der Waals surface area (Å²) in [6, 6.07) is 11.6. The molecule has 1 aliphatic carbocycles. The average molecular weight is 311 g/mol. The SMILES string of the molecule is COc1cc2c(cc1OC)C(NC(=O)c1ccc(C)cc1)CC2. The van der Waals surface area contributed by atoms with Crippen LogP contribution in [0.3, 0.4) is 0 Å². The second-order valence-electron chi connectivity index (χ2n) is 5.84. The number of nitrogens with one attached hydrogen (secondary N) is 1. The van der Waals surface area contributed by atoms with Crippen LogP contribution in [0.25, 0.3) is 0 Å². The number of carbonyl (C=O) groups is 1.